The van der Waals surface area contributed by atoms with Crippen LogP contribution in [0.5, 0.6) is 5.75 Å². The van der Waals surface area contributed by atoms with E-state index in [1.807, 2.05) is 0 Å². The first kappa shape index (κ1) is 21.3. The van der Waals surface area contributed by atoms with E-state index in [0.29, 0.717) is 0 Å². The van der Waals surface area contributed by atoms with Crippen molar-refractivity contribution in [2.75, 3.05) is 18.6 Å². The van der Waals surface area contributed by atoms with Crippen LogP contribution in [0.25, 0.3) is 0 Å². The van der Waals surface area contributed by atoms with Crippen molar-refractivity contribution in [1.29, 1.82) is 0 Å². The Labute approximate surface area is 148 Å². The van der Waals surface area contributed by atoms with Gasteiger partial charge in [-0.15, -0.1) is 13.2 Å². The third-order valence-corrected chi connectivity index (χ3v) is 2.77. The molecule has 26 heavy (non-hydrogen) atoms. The highest BCUT2D eigenvalue weighted by atomic mass is 19.4. The summed E-state index contributed by atoms with van der Waals surface area (Å²) in [6.45, 7) is 3.56. The number of alkyl halides is 3. The molecule has 0 aromatic heterocycles. The molecule has 0 amide bonds. The van der Waals surface area contributed by atoms with E-state index in [1.54, 1.807) is 13.8 Å². The van der Waals surface area contributed by atoms with Crippen molar-refractivity contribution < 1.29 is 37.0 Å². The zero-order chi connectivity index (χ0) is 19.6. The van der Waals surface area contributed by atoms with Gasteiger partial charge in [0.15, 0.2) is 0 Å². The highest BCUT2D eigenvalue weighted by Gasteiger charge is 2.31. The van der Waals surface area contributed by atoms with Crippen molar-refractivity contribution in [3.8, 4) is 5.75 Å². The van der Waals surface area contributed by atoms with Crippen LogP contribution in [0.2, 0.25) is 0 Å². The van der Waals surface area contributed by atoms with Crippen LogP contribution in [0.4, 0.5) is 18.9 Å². The van der Waals surface area contributed by atoms with Gasteiger partial charge in [-0.05, 0) is 26.0 Å². The Kier molecular flexibility index (Phi) is 8.40. The smallest absolute Gasteiger partial charge is 0.466 e. The lowest BCUT2D eigenvalue weighted by Gasteiger charge is -2.10. The minimum atomic E-state index is -4.82. The van der Waals surface area contributed by atoms with Gasteiger partial charge in [-0.1, -0.05) is 6.07 Å². The molecule has 0 aliphatic heterocycles. The molecule has 0 radical (unpaired) electrons. The maximum Gasteiger partial charge on any atom is 0.573 e. The summed E-state index contributed by atoms with van der Waals surface area (Å²) < 4.78 is 50.1. The summed E-state index contributed by atoms with van der Waals surface area (Å²) in [4.78, 5) is 23.3. The number of esters is 2. The molecule has 0 bridgehead atoms. The maximum absolute atomic E-state index is 12.2. The van der Waals surface area contributed by atoms with Gasteiger partial charge >= 0.3 is 18.3 Å². The van der Waals surface area contributed by atoms with Gasteiger partial charge in [0.2, 0.25) is 0 Å². The third-order valence-electron chi connectivity index (χ3n) is 2.77. The molecule has 0 unspecified atom stereocenters. The van der Waals surface area contributed by atoms with Crippen LogP contribution in [-0.2, 0) is 19.1 Å². The van der Waals surface area contributed by atoms with Crippen molar-refractivity contribution in [2.24, 2.45) is 5.10 Å². The molecule has 0 aliphatic rings. The van der Waals surface area contributed by atoms with Crippen molar-refractivity contribution in [3.05, 3.63) is 24.3 Å². The predicted octanol–water partition coefficient (Wildman–Crippen LogP) is 3.26. The first-order valence-electron chi connectivity index (χ1n) is 7.76. The minimum absolute atomic E-state index is 0.0522. The lowest BCUT2D eigenvalue weighted by Crippen LogP contribution is -2.20. The molecule has 144 valence electrons. The first-order chi connectivity index (χ1) is 12.2. The molecule has 10 heteroatoms. The number of rotatable bonds is 9. The molecule has 0 aliphatic carbocycles. The third kappa shape index (κ3) is 8.36. The zero-order valence-electron chi connectivity index (χ0n) is 14.3. The number of halogens is 3. The second-order valence-electron chi connectivity index (χ2n) is 4.77. The van der Waals surface area contributed by atoms with Crippen LogP contribution in [0.1, 0.15) is 26.7 Å². The van der Waals surface area contributed by atoms with Crippen molar-refractivity contribution in [1.82, 2.24) is 0 Å². The number of ether oxygens (including phenoxy) is 3. The van der Waals surface area contributed by atoms with Crippen molar-refractivity contribution >= 4 is 23.3 Å². The Bertz CT molecular complexity index is 647. The summed E-state index contributed by atoms with van der Waals surface area (Å²) >= 11 is 0. The normalized spacial score (nSPS) is 11.7. The van der Waals surface area contributed by atoms with Crippen LogP contribution >= 0.6 is 0 Å². The van der Waals surface area contributed by atoms with Crippen LogP contribution in [-0.4, -0.2) is 37.2 Å². The highest BCUT2D eigenvalue weighted by Crippen LogP contribution is 2.25. The Balaban J connectivity index is 2.83. The van der Waals surface area contributed by atoms with E-state index in [-0.39, 0.29) is 37.5 Å². The average molecular weight is 376 g/mol. The second-order valence-corrected chi connectivity index (χ2v) is 4.77. The maximum atomic E-state index is 12.2. The van der Waals surface area contributed by atoms with E-state index in [0.717, 1.165) is 12.1 Å². The second kappa shape index (κ2) is 10.3. The number of anilines is 1. The van der Waals surface area contributed by atoms with Crippen LogP contribution < -0.4 is 10.2 Å². The number of carbonyl (C=O) groups is 2. The number of hydrogen-bond acceptors (Lipinski definition) is 7. The SMILES string of the molecule is CCOC(=O)CCC(=NNc1cccc(OC(F)(F)F)c1)C(=O)OCC. The van der Waals surface area contributed by atoms with Gasteiger partial charge in [0.05, 0.1) is 25.3 Å². The topological polar surface area (TPSA) is 86.2 Å². The number of carbonyl (C=O) groups excluding carboxylic acids is 2. The van der Waals surface area contributed by atoms with Crippen LogP contribution in [0.3, 0.4) is 0 Å². The van der Waals surface area contributed by atoms with Gasteiger partial charge in [-0.25, -0.2) is 4.79 Å². The molecule has 0 atom stereocenters. The molecule has 0 fully saturated rings. The summed E-state index contributed by atoms with van der Waals surface area (Å²) in [5.41, 5.74) is 2.52. The number of nitrogens with zero attached hydrogens (tertiary/aromatic N) is 1. The molecule has 0 saturated carbocycles. The Morgan fingerprint density at radius 1 is 1.12 bits per heavy atom. The van der Waals surface area contributed by atoms with E-state index in [9.17, 15) is 22.8 Å². The molecule has 0 spiro atoms. The zero-order valence-corrected chi connectivity index (χ0v) is 14.3. The fourth-order valence-corrected chi connectivity index (χ4v) is 1.77. The van der Waals surface area contributed by atoms with Crippen molar-refractivity contribution in [3.63, 3.8) is 0 Å². The molecular weight excluding hydrogens is 357 g/mol. The van der Waals surface area contributed by atoms with E-state index in [1.165, 1.54) is 12.1 Å². The number of benzene rings is 1. The first-order valence-corrected chi connectivity index (χ1v) is 7.76. The van der Waals surface area contributed by atoms with Gasteiger partial charge in [0, 0.05) is 12.5 Å². The fraction of sp³-hybridized carbons (Fsp3) is 0.438. The molecular formula is C16H19F3N2O5. The van der Waals surface area contributed by atoms with Crippen LogP contribution in [0.15, 0.2) is 29.4 Å². The largest absolute Gasteiger partial charge is 0.573 e. The number of hydrogen-bond donors (Lipinski definition) is 1. The molecule has 1 aromatic carbocycles. The summed E-state index contributed by atoms with van der Waals surface area (Å²) in [7, 11) is 0. The van der Waals surface area contributed by atoms with Gasteiger partial charge in [-0.2, -0.15) is 5.10 Å². The fourth-order valence-electron chi connectivity index (χ4n) is 1.77. The summed E-state index contributed by atoms with van der Waals surface area (Å²) in [5, 5.41) is 3.83. The molecule has 7 nitrogen and oxygen atoms in total. The summed E-state index contributed by atoms with van der Waals surface area (Å²) in [5.74, 6) is -1.70. The molecule has 1 aromatic rings. The number of nitrogens with one attached hydrogen (secondary N) is 1. The highest BCUT2D eigenvalue weighted by molar-refractivity contribution is 6.36. The molecule has 1 N–H and O–H groups in total. The van der Waals surface area contributed by atoms with E-state index in [2.05, 4.69) is 15.3 Å². The molecule has 1 rings (SSSR count). The summed E-state index contributed by atoms with van der Waals surface area (Å²) in [6.07, 6.45) is -4.97. The average Bonchev–Trinajstić information content (AvgIpc) is 2.54. The summed E-state index contributed by atoms with van der Waals surface area (Å²) in [6, 6.07) is 4.93. The Morgan fingerprint density at radius 2 is 1.81 bits per heavy atom. The van der Waals surface area contributed by atoms with Gasteiger partial charge < -0.3 is 14.2 Å². The Morgan fingerprint density at radius 3 is 2.42 bits per heavy atom. The lowest BCUT2D eigenvalue weighted by atomic mass is 10.2. The Hall–Kier alpha value is -2.78. The molecule has 0 saturated heterocycles. The quantitative estimate of drug-likeness (QED) is 0.404. The standard InChI is InChI=1S/C16H19F3N2O5/c1-3-24-14(22)9-8-13(15(23)25-4-2)21-20-11-6-5-7-12(10-11)26-16(17,18)19/h5-7,10,20H,3-4,8-9H2,1-2H3. The monoisotopic (exact) mass is 376 g/mol. The van der Waals surface area contributed by atoms with E-state index >= 15 is 0 Å². The van der Waals surface area contributed by atoms with Crippen LogP contribution in [0, 0.1) is 0 Å². The minimum Gasteiger partial charge on any atom is -0.466 e. The van der Waals surface area contributed by atoms with Gasteiger partial charge in [-0.3, -0.25) is 10.2 Å². The number of hydrazone groups is 1. The van der Waals surface area contributed by atoms with E-state index in [4.69, 9.17) is 9.47 Å². The molecule has 0 heterocycles. The van der Waals surface area contributed by atoms with Gasteiger partial charge in [0.25, 0.3) is 0 Å². The predicted molar refractivity (Wildman–Crippen MR) is 86.7 cm³/mol. The van der Waals surface area contributed by atoms with Gasteiger partial charge in [0.1, 0.15) is 11.5 Å². The van der Waals surface area contributed by atoms with E-state index < -0.39 is 24.1 Å². The van der Waals surface area contributed by atoms with Crippen molar-refractivity contribution in [2.45, 2.75) is 33.1 Å². The lowest BCUT2D eigenvalue weighted by molar-refractivity contribution is -0.274.